The van der Waals surface area contributed by atoms with Crippen molar-refractivity contribution in [3.63, 3.8) is 0 Å². The van der Waals surface area contributed by atoms with Crippen LogP contribution in [0.3, 0.4) is 0 Å². The van der Waals surface area contributed by atoms with E-state index in [2.05, 4.69) is 71.3 Å². The fourth-order valence-corrected chi connectivity index (χ4v) is 5.08. The van der Waals surface area contributed by atoms with Crippen LogP contribution in [-0.2, 0) is 0 Å². The van der Waals surface area contributed by atoms with Gasteiger partial charge in [0.05, 0.1) is 22.8 Å². The van der Waals surface area contributed by atoms with Gasteiger partial charge in [-0.05, 0) is 56.5 Å². The molecule has 0 radical (unpaired) electrons. The molecule has 0 heterocycles. The van der Waals surface area contributed by atoms with E-state index in [4.69, 9.17) is 0 Å². The third-order valence-corrected chi connectivity index (χ3v) is 7.70. The smallest absolute Gasteiger partial charge is 0.210 e. The minimum Gasteiger partial charge on any atom is -0.394 e. The molecule has 0 fully saturated rings. The lowest BCUT2D eigenvalue weighted by Gasteiger charge is -2.20. The molecule has 0 spiro atoms. The number of halogens is 1. The number of allylic oxidation sites excluding steroid dienone is 7. The highest BCUT2D eigenvalue weighted by atomic mass is 79.9. The summed E-state index contributed by atoms with van der Waals surface area (Å²) < 4.78 is 0.307. The summed E-state index contributed by atoms with van der Waals surface area (Å²) in [5.74, 6) is 4.83. The molecular formula is C36H37BrN2O5. The number of carbonyl (C=O) groups is 4. The number of hydrogen-bond acceptors (Lipinski definition) is 7. The Morgan fingerprint density at radius 1 is 0.886 bits per heavy atom. The molecule has 0 aromatic heterocycles. The van der Waals surface area contributed by atoms with Crippen LogP contribution in [0, 0.1) is 11.8 Å². The Kier molecular flexibility index (Phi) is 12.8. The second-order valence-corrected chi connectivity index (χ2v) is 11.4. The number of carbonyl (C=O) groups excluding carboxylic acids is 4. The highest BCUT2D eigenvalue weighted by Crippen LogP contribution is 2.28. The minimum atomic E-state index is -0.365. The van der Waals surface area contributed by atoms with Gasteiger partial charge in [-0.3, -0.25) is 19.2 Å². The molecule has 7 nitrogen and oxygen atoms in total. The van der Waals surface area contributed by atoms with Crippen molar-refractivity contribution in [3.05, 3.63) is 116 Å². The number of ketones is 4. The predicted octanol–water partition coefficient (Wildman–Crippen LogP) is 6.27. The van der Waals surface area contributed by atoms with Gasteiger partial charge >= 0.3 is 0 Å². The van der Waals surface area contributed by atoms with Crippen molar-refractivity contribution in [2.24, 2.45) is 0 Å². The molecule has 4 rings (SSSR count). The molecule has 228 valence electrons. The van der Waals surface area contributed by atoms with E-state index in [9.17, 15) is 24.3 Å². The highest BCUT2D eigenvalue weighted by molar-refractivity contribution is 9.12. The molecule has 0 saturated carbocycles. The zero-order valence-corrected chi connectivity index (χ0v) is 27.0. The van der Waals surface area contributed by atoms with Crippen LogP contribution in [-0.4, -0.2) is 47.4 Å². The molecule has 2 aromatic carbocycles. The van der Waals surface area contributed by atoms with Gasteiger partial charge in [-0.2, -0.15) is 0 Å². The lowest BCUT2D eigenvalue weighted by Crippen LogP contribution is -2.36. The van der Waals surface area contributed by atoms with Crippen molar-refractivity contribution in [2.75, 3.05) is 13.2 Å². The van der Waals surface area contributed by atoms with Crippen LogP contribution >= 0.6 is 15.9 Å². The van der Waals surface area contributed by atoms with E-state index in [1.165, 1.54) is 17.2 Å². The van der Waals surface area contributed by atoms with Crippen LogP contribution in [0.4, 0.5) is 0 Å². The van der Waals surface area contributed by atoms with Crippen molar-refractivity contribution in [2.45, 2.75) is 53.0 Å². The first-order chi connectivity index (χ1) is 21.1. The molecular weight excluding hydrogens is 620 g/mol. The van der Waals surface area contributed by atoms with Gasteiger partial charge < -0.3 is 15.7 Å². The lowest BCUT2D eigenvalue weighted by atomic mass is 9.92. The van der Waals surface area contributed by atoms with Gasteiger partial charge in [-0.1, -0.05) is 71.8 Å². The zero-order valence-electron chi connectivity index (χ0n) is 25.4. The third kappa shape index (κ3) is 8.85. The van der Waals surface area contributed by atoms with Gasteiger partial charge in [0.15, 0.2) is 5.78 Å². The topological polar surface area (TPSA) is 113 Å². The summed E-state index contributed by atoms with van der Waals surface area (Å²) in [6.07, 6.45) is 7.97. The van der Waals surface area contributed by atoms with Crippen molar-refractivity contribution < 1.29 is 24.3 Å². The molecule has 1 unspecified atom stereocenters. The van der Waals surface area contributed by atoms with Crippen molar-refractivity contribution in [1.29, 1.82) is 0 Å². The Hall–Kier alpha value is -4.32. The minimum absolute atomic E-state index is 0.146. The molecule has 0 saturated heterocycles. The SMILES string of the molecule is CC#CCC(CO)NC1=CC(=O)c2ccccc2C1=O.CC(C)=CCC/C(C)=C/CNC1=C(Br)C(=O)c2ccccc2C1=O. The summed E-state index contributed by atoms with van der Waals surface area (Å²) >= 11 is 3.27. The Morgan fingerprint density at radius 2 is 1.48 bits per heavy atom. The van der Waals surface area contributed by atoms with Crippen LogP contribution in [0.2, 0.25) is 0 Å². The highest BCUT2D eigenvalue weighted by Gasteiger charge is 2.30. The maximum absolute atomic E-state index is 12.6. The molecule has 2 aromatic rings. The molecule has 2 aliphatic rings. The van der Waals surface area contributed by atoms with Crippen molar-refractivity contribution >= 4 is 39.1 Å². The average Bonchev–Trinajstić information content (AvgIpc) is 3.02. The number of aliphatic hydroxyl groups excluding tert-OH is 1. The second kappa shape index (κ2) is 16.5. The first-order valence-corrected chi connectivity index (χ1v) is 15.2. The van der Waals surface area contributed by atoms with E-state index < -0.39 is 0 Å². The van der Waals surface area contributed by atoms with Gasteiger partial charge in [0.2, 0.25) is 17.3 Å². The van der Waals surface area contributed by atoms with Gasteiger partial charge in [-0.25, -0.2) is 0 Å². The molecule has 2 aliphatic carbocycles. The predicted molar refractivity (Wildman–Crippen MR) is 177 cm³/mol. The van der Waals surface area contributed by atoms with Crippen LogP contribution in [0.25, 0.3) is 0 Å². The first-order valence-electron chi connectivity index (χ1n) is 14.4. The quantitative estimate of drug-likeness (QED) is 0.204. The largest absolute Gasteiger partial charge is 0.394 e. The van der Waals surface area contributed by atoms with Crippen LogP contribution in [0.1, 0.15) is 88.4 Å². The molecule has 0 bridgehead atoms. The summed E-state index contributed by atoms with van der Waals surface area (Å²) in [6.45, 7) is 8.33. The van der Waals surface area contributed by atoms with Crippen LogP contribution < -0.4 is 10.6 Å². The molecule has 3 N–H and O–H groups in total. The van der Waals surface area contributed by atoms with Gasteiger partial charge in [0.1, 0.15) is 5.70 Å². The van der Waals surface area contributed by atoms with E-state index in [0.29, 0.717) is 45.4 Å². The van der Waals surface area contributed by atoms with Crippen LogP contribution in [0.5, 0.6) is 0 Å². The maximum Gasteiger partial charge on any atom is 0.210 e. The zero-order chi connectivity index (χ0) is 32.2. The van der Waals surface area contributed by atoms with E-state index in [-0.39, 0.29) is 41.5 Å². The van der Waals surface area contributed by atoms with E-state index in [1.54, 1.807) is 55.5 Å². The van der Waals surface area contributed by atoms with Crippen molar-refractivity contribution in [3.8, 4) is 11.8 Å². The van der Waals surface area contributed by atoms with Crippen LogP contribution in [0.15, 0.2) is 93.8 Å². The number of benzene rings is 2. The normalized spacial score (nSPS) is 14.7. The maximum atomic E-state index is 12.6. The number of nitrogens with one attached hydrogen (secondary N) is 2. The summed E-state index contributed by atoms with van der Waals surface area (Å²) in [7, 11) is 0. The Labute approximate surface area is 267 Å². The first kappa shape index (κ1) is 34.2. The Balaban J connectivity index is 0.000000244. The molecule has 0 amide bonds. The molecule has 8 heteroatoms. The number of Topliss-reactive ketones (excluding diaryl/α,β-unsaturated/α-hetero) is 3. The standard InChI is InChI=1S/C20H22BrNO2.C16H15NO3/c1-13(2)7-6-8-14(3)11-12-22-18-17(21)19(23)15-9-4-5-10-16(15)20(18)24;1-2-3-6-11(10-18)17-14-9-15(19)12-7-4-5-8-13(12)16(14)20/h4-5,7,9-11,22H,6,8,12H2,1-3H3;4-5,7-9,11,17-18H,6,10H2,1H3/b14-11+;. The van der Waals surface area contributed by atoms with E-state index in [1.807, 2.05) is 0 Å². The summed E-state index contributed by atoms with van der Waals surface area (Å²) in [5, 5.41) is 15.3. The Bertz CT molecular complexity index is 1630. The average molecular weight is 658 g/mol. The van der Waals surface area contributed by atoms with Gasteiger partial charge in [0, 0.05) is 41.3 Å². The summed E-state index contributed by atoms with van der Waals surface area (Å²) in [4.78, 5) is 49.2. The number of rotatable bonds is 10. The molecule has 44 heavy (non-hydrogen) atoms. The van der Waals surface area contributed by atoms with E-state index >= 15 is 0 Å². The van der Waals surface area contributed by atoms with Gasteiger partial charge in [0.25, 0.3) is 0 Å². The fraction of sp³-hybridized carbons (Fsp3) is 0.278. The summed E-state index contributed by atoms with van der Waals surface area (Å²) in [5.41, 5.74) is 4.84. The monoisotopic (exact) mass is 656 g/mol. The Morgan fingerprint density at radius 3 is 2.07 bits per heavy atom. The fourth-order valence-electron chi connectivity index (χ4n) is 4.55. The number of hydrogen-bond donors (Lipinski definition) is 3. The number of aliphatic hydroxyl groups is 1. The molecule has 0 aliphatic heterocycles. The van der Waals surface area contributed by atoms with E-state index in [0.717, 1.165) is 12.8 Å². The van der Waals surface area contributed by atoms with Crippen molar-refractivity contribution in [1.82, 2.24) is 10.6 Å². The lowest BCUT2D eigenvalue weighted by molar-refractivity contribution is 0.0974. The summed E-state index contributed by atoms with van der Waals surface area (Å²) in [6, 6.07) is 13.3. The van der Waals surface area contributed by atoms with Gasteiger partial charge in [-0.15, -0.1) is 11.8 Å². The molecule has 1 atom stereocenters. The third-order valence-electron chi connectivity index (χ3n) is 6.95. The number of fused-ring (bicyclic) bond motifs is 2. The second-order valence-electron chi connectivity index (χ2n) is 10.6.